The second-order valence-electron chi connectivity index (χ2n) is 5.89. The SMILES string of the molecule is CN(CC1(O)CCOCC1)c1nccn(C2CC2)c1=O. The van der Waals surface area contributed by atoms with Gasteiger partial charge >= 0.3 is 0 Å². The van der Waals surface area contributed by atoms with Gasteiger partial charge in [-0.2, -0.15) is 0 Å². The lowest BCUT2D eigenvalue weighted by molar-refractivity contribution is -0.0573. The fourth-order valence-electron chi connectivity index (χ4n) is 2.74. The first-order chi connectivity index (χ1) is 9.59. The number of hydrogen-bond donors (Lipinski definition) is 1. The van der Waals surface area contributed by atoms with Crippen LogP contribution in [0.1, 0.15) is 31.7 Å². The van der Waals surface area contributed by atoms with Crippen molar-refractivity contribution in [3.63, 3.8) is 0 Å². The van der Waals surface area contributed by atoms with E-state index in [1.807, 2.05) is 7.05 Å². The van der Waals surface area contributed by atoms with Crippen molar-refractivity contribution in [3.8, 4) is 0 Å². The summed E-state index contributed by atoms with van der Waals surface area (Å²) >= 11 is 0. The summed E-state index contributed by atoms with van der Waals surface area (Å²) < 4.78 is 7.03. The molecule has 0 unspecified atom stereocenters. The molecule has 3 rings (SSSR count). The van der Waals surface area contributed by atoms with Gasteiger partial charge in [-0.3, -0.25) is 4.79 Å². The molecular weight excluding hydrogens is 258 g/mol. The van der Waals surface area contributed by atoms with Crippen molar-refractivity contribution in [2.75, 3.05) is 31.7 Å². The van der Waals surface area contributed by atoms with Gasteiger partial charge in [0.25, 0.3) is 5.56 Å². The number of ether oxygens (including phenoxy) is 1. The van der Waals surface area contributed by atoms with Crippen LogP contribution >= 0.6 is 0 Å². The molecule has 2 heterocycles. The molecule has 1 aromatic rings. The Morgan fingerprint density at radius 1 is 1.50 bits per heavy atom. The molecule has 0 radical (unpaired) electrons. The summed E-state index contributed by atoms with van der Waals surface area (Å²) in [6, 6.07) is 0.337. The molecule has 1 aromatic heterocycles. The predicted octanol–water partition coefficient (Wildman–Crippen LogP) is 0.556. The first-order valence-electron chi connectivity index (χ1n) is 7.17. The molecule has 0 aromatic carbocycles. The summed E-state index contributed by atoms with van der Waals surface area (Å²) in [6.07, 6.45) is 6.74. The monoisotopic (exact) mass is 279 g/mol. The van der Waals surface area contributed by atoms with E-state index < -0.39 is 5.60 Å². The van der Waals surface area contributed by atoms with E-state index in [4.69, 9.17) is 4.74 Å². The molecule has 0 atom stereocenters. The first kappa shape index (κ1) is 13.6. The van der Waals surface area contributed by atoms with Gasteiger partial charge in [-0.25, -0.2) is 4.98 Å². The Balaban J connectivity index is 1.78. The molecule has 1 saturated carbocycles. The maximum atomic E-state index is 12.4. The van der Waals surface area contributed by atoms with Crippen LogP contribution in [0.15, 0.2) is 17.2 Å². The van der Waals surface area contributed by atoms with Gasteiger partial charge < -0.3 is 19.3 Å². The Morgan fingerprint density at radius 3 is 2.85 bits per heavy atom. The van der Waals surface area contributed by atoms with Gasteiger partial charge in [0, 0.05) is 58.1 Å². The smallest absolute Gasteiger partial charge is 0.293 e. The Labute approximate surface area is 118 Å². The maximum Gasteiger partial charge on any atom is 0.293 e. The number of hydrogen-bond acceptors (Lipinski definition) is 5. The topological polar surface area (TPSA) is 67.6 Å². The average molecular weight is 279 g/mol. The Bertz CT molecular complexity index is 533. The Kier molecular flexibility index (Phi) is 3.52. The van der Waals surface area contributed by atoms with Crippen molar-refractivity contribution in [2.24, 2.45) is 0 Å². The summed E-state index contributed by atoms with van der Waals surface area (Å²) in [5.74, 6) is 0.416. The van der Waals surface area contributed by atoms with E-state index in [0.29, 0.717) is 44.5 Å². The van der Waals surface area contributed by atoms with Crippen LogP contribution in [-0.2, 0) is 4.74 Å². The lowest BCUT2D eigenvalue weighted by atomic mass is 9.94. The molecule has 1 aliphatic carbocycles. The second kappa shape index (κ2) is 5.18. The van der Waals surface area contributed by atoms with Gasteiger partial charge in [0.1, 0.15) is 0 Å². The molecule has 1 saturated heterocycles. The summed E-state index contributed by atoms with van der Waals surface area (Å²) in [5.41, 5.74) is -0.852. The van der Waals surface area contributed by atoms with Crippen molar-refractivity contribution in [1.29, 1.82) is 0 Å². The van der Waals surface area contributed by atoms with Crippen LogP contribution < -0.4 is 10.5 Å². The Morgan fingerprint density at radius 2 is 2.20 bits per heavy atom. The minimum atomic E-state index is -0.790. The summed E-state index contributed by atoms with van der Waals surface area (Å²) in [6.45, 7) is 1.55. The van der Waals surface area contributed by atoms with Crippen LogP contribution in [0.4, 0.5) is 5.82 Å². The van der Waals surface area contributed by atoms with Crippen molar-refractivity contribution in [1.82, 2.24) is 9.55 Å². The van der Waals surface area contributed by atoms with Crippen molar-refractivity contribution in [2.45, 2.75) is 37.3 Å². The fraction of sp³-hybridized carbons (Fsp3) is 0.714. The molecule has 0 bridgehead atoms. The number of anilines is 1. The van der Waals surface area contributed by atoms with E-state index in [0.717, 1.165) is 12.8 Å². The molecule has 2 fully saturated rings. The van der Waals surface area contributed by atoms with E-state index in [1.165, 1.54) is 0 Å². The normalized spacial score (nSPS) is 21.7. The number of likely N-dealkylation sites (N-methyl/N-ethyl adjacent to an activating group) is 1. The summed E-state index contributed by atoms with van der Waals surface area (Å²) in [4.78, 5) is 18.4. The molecule has 1 aliphatic heterocycles. The average Bonchev–Trinajstić information content (AvgIpc) is 3.23. The van der Waals surface area contributed by atoms with Crippen LogP contribution in [0.2, 0.25) is 0 Å². The fourth-order valence-corrected chi connectivity index (χ4v) is 2.74. The van der Waals surface area contributed by atoms with Gasteiger partial charge in [0.05, 0.1) is 5.60 Å². The molecule has 2 aliphatic rings. The van der Waals surface area contributed by atoms with Gasteiger partial charge in [0.15, 0.2) is 5.82 Å². The highest BCUT2D eigenvalue weighted by atomic mass is 16.5. The van der Waals surface area contributed by atoms with Gasteiger partial charge in [0.2, 0.25) is 0 Å². The molecule has 6 nitrogen and oxygen atoms in total. The van der Waals surface area contributed by atoms with Gasteiger partial charge in [-0.15, -0.1) is 0 Å². The quantitative estimate of drug-likeness (QED) is 0.872. The van der Waals surface area contributed by atoms with E-state index in [9.17, 15) is 9.90 Å². The third kappa shape index (κ3) is 2.71. The number of aromatic nitrogens is 2. The highest BCUT2D eigenvalue weighted by Crippen LogP contribution is 2.33. The molecule has 20 heavy (non-hydrogen) atoms. The zero-order chi connectivity index (χ0) is 14.2. The number of nitrogens with zero attached hydrogens (tertiary/aromatic N) is 3. The highest BCUT2D eigenvalue weighted by molar-refractivity contribution is 5.35. The lowest BCUT2D eigenvalue weighted by Gasteiger charge is -2.35. The zero-order valence-electron chi connectivity index (χ0n) is 11.8. The van der Waals surface area contributed by atoms with Crippen LogP contribution in [0, 0.1) is 0 Å². The molecule has 0 spiro atoms. The van der Waals surface area contributed by atoms with Crippen LogP contribution in [0.3, 0.4) is 0 Å². The minimum Gasteiger partial charge on any atom is -0.388 e. The molecule has 1 N–H and O–H groups in total. The highest BCUT2D eigenvalue weighted by Gasteiger charge is 2.32. The van der Waals surface area contributed by atoms with Crippen molar-refractivity contribution >= 4 is 5.82 Å². The van der Waals surface area contributed by atoms with Crippen LogP contribution in [-0.4, -0.2) is 47.1 Å². The Hall–Kier alpha value is -1.40. The third-order valence-electron chi connectivity index (χ3n) is 4.11. The van der Waals surface area contributed by atoms with E-state index >= 15 is 0 Å². The summed E-state index contributed by atoms with van der Waals surface area (Å²) in [5, 5.41) is 10.5. The molecule has 110 valence electrons. The summed E-state index contributed by atoms with van der Waals surface area (Å²) in [7, 11) is 1.81. The largest absolute Gasteiger partial charge is 0.388 e. The standard InChI is InChI=1S/C14H21N3O3/c1-16(10-14(19)4-8-20-9-5-14)12-13(18)17(7-6-15-12)11-2-3-11/h6-7,11,19H,2-5,8-10H2,1H3. The lowest BCUT2D eigenvalue weighted by Crippen LogP contribution is -2.47. The number of aliphatic hydroxyl groups is 1. The first-order valence-corrected chi connectivity index (χ1v) is 7.17. The molecule has 0 amide bonds. The van der Waals surface area contributed by atoms with Gasteiger partial charge in [-0.1, -0.05) is 0 Å². The molecule has 6 heteroatoms. The zero-order valence-corrected chi connectivity index (χ0v) is 11.8. The van der Waals surface area contributed by atoms with Crippen LogP contribution in [0.5, 0.6) is 0 Å². The maximum absolute atomic E-state index is 12.4. The van der Waals surface area contributed by atoms with Gasteiger partial charge in [-0.05, 0) is 12.8 Å². The van der Waals surface area contributed by atoms with E-state index in [1.54, 1.807) is 21.9 Å². The predicted molar refractivity (Wildman–Crippen MR) is 75.0 cm³/mol. The number of rotatable bonds is 4. The molecular formula is C14H21N3O3. The second-order valence-corrected chi connectivity index (χ2v) is 5.89. The van der Waals surface area contributed by atoms with E-state index in [2.05, 4.69) is 4.98 Å². The van der Waals surface area contributed by atoms with Crippen LogP contribution in [0.25, 0.3) is 0 Å². The third-order valence-corrected chi connectivity index (χ3v) is 4.11. The van der Waals surface area contributed by atoms with Crippen molar-refractivity contribution in [3.05, 3.63) is 22.7 Å². The minimum absolute atomic E-state index is 0.0619. The van der Waals surface area contributed by atoms with E-state index in [-0.39, 0.29) is 5.56 Å². The van der Waals surface area contributed by atoms with Crippen molar-refractivity contribution < 1.29 is 9.84 Å².